The SMILES string of the molecule is Cc1cccnc1-n1cccc1C(N)CN. The smallest absolute Gasteiger partial charge is 0.139 e. The zero-order chi connectivity index (χ0) is 11.5. The molecule has 0 aliphatic carbocycles. The summed E-state index contributed by atoms with van der Waals surface area (Å²) >= 11 is 0. The molecule has 0 bridgehead atoms. The molecule has 0 radical (unpaired) electrons. The number of nitrogens with two attached hydrogens (primary N) is 2. The lowest BCUT2D eigenvalue weighted by Crippen LogP contribution is -2.23. The number of aromatic nitrogens is 2. The summed E-state index contributed by atoms with van der Waals surface area (Å²) in [5.41, 5.74) is 13.6. The summed E-state index contributed by atoms with van der Waals surface area (Å²) in [6.45, 7) is 2.45. The number of pyridine rings is 1. The van der Waals surface area contributed by atoms with Gasteiger partial charge in [0.2, 0.25) is 0 Å². The monoisotopic (exact) mass is 216 g/mol. The Kier molecular flexibility index (Phi) is 3.03. The van der Waals surface area contributed by atoms with Crippen molar-refractivity contribution in [1.29, 1.82) is 0 Å². The van der Waals surface area contributed by atoms with Gasteiger partial charge in [0.15, 0.2) is 0 Å². The highest BCUT2D eigenvalue weighted by Gasteiger charge is 2.11. The summed E-state index contributed by atoms with van der Waals surface area (Å²) in [5, 5.41) is 0. The molecule has 4 nitrogen and oxygen atoms in total. The van der Waals surface area contributed by atoms with Gasteiger partial charge in [-0.1, -0.05) is 6.07 Å². The molecule has 1 unspecified atom stereocenters. The molecular weight excluding hydrogens is 200 g/mol. The highest BCUT2D eigenvalue weighted by Crippen LogP contribution is 2.17. The van der Waals surface area contributed by atoms with Crippen LogP contribution in [0.4, 0.5) is 0 Å². The zero-order valence-electron chi connectivity index (χ0n) is 9.30. The fraction of sp³-hybridized carbons (Fsp3) is 0.250. The van der Waals surface area contributed by atoms with E-state index in [4.69, 9.17) is 11.5 Å². The van der Waals surface area contributed by atoms with Crippen LogP contribution in [0.1, 0.15) is 17.3 Å². The van der Waals surface area contributed by atoms with Gasteiger partial charge in [0.1, 0.15) is 5.82 Å². The molecular formula is C12H16N4. The topological polar surface area (TPSA) is 69.9 Å². The van der Waals surface area contributed by atoms with Crippen LogP contribution in [-0.4, -0.2) is 16.1 Å². The van der Waals surface area contributed by atoms with E-state index in [1.165, 1.54) is 0 Å². The first-order valence-corrected chi connectivity index (χ1v) is 5.29. The van der Waals surface area contributed by atoms with Crippen molar-refractivity contribution < 1.29 is 0 Å². The van der Waals surface area contributed by atoms with Gasteiger partial charge >= 0.3 is 0 Å². The molecule has 2 aromatic rings. The van der Waals surface area contributed by atoms with Crippen molar-refractivity contribution in [2.75, 3.05) is 6.54 Å². The summed E-state index contributed by atoms with van der Waals surface area (Å²) in [6, 6.07) is 7.73. The Morgan fingerprint density at radius 2 is 2.19 bits per heavy atom. The molecule has 4 heteroatoms. The van der Waals surface area contributed by atoms with E-state index < -0.39 is 0 Å². The van der Waals surface area contributed by atoms with Gasteiger partial charge in [0.05, 0.1) is 6.04 Å². The maximum atomic E-state index is 5.95. The molecule has 0 spiro atoms. The van der Waals surface area contributed by atoms with Crippen LogP contribution in [0, 0.1) is 6.92 Å². The molecule has 84 valence electrons. The molecule has 4 N–H and O–H groups in total. The van der Waals surface area contributed by atoms with E-state index >= 15 is 0 Å². The van der Waals surface area contributed by atoms with Crippen LogP contribution in [0.25, 0.3) is 5.82 Å². The number of rotatable bonds is 3. The molecule has 0 aromatic carbocycles. The van der Waals surface area contributed by atoms with E-state index in [0.717, 1.165) is 17.1 Å². The third-order valence-electron chi connectivity index (χ3n) is 2.62. The average Bonchev–Trinajstić information content (AvgIpc) is 2.77. The Bertz CT molecular complexity index is 475. The van der Waals surface area contributed by atoms with Gasteiger partial charge in [0.25, 0.3) is 0 Å². The Labute approximate surface area is 94.9 Å². The van der Waals surface area contributed by atoms with Gasteiger partial charge in [-0.05, 0) is 30.7 Å². The normalized spacial score (nSPS) is 12.7. The quantitative estimate of drug-likeness (QED) is 0.808. The van der Waals surface area contributed by atoms with Crippen LogP contribution in [0.2, 0.25) is 0 Å². The molecule has 0 fully saturated rings. The van der Waals surface area contributed by atoms with Crippen molar-refractivity contribution in [3.8, 4) is 5.82 Å². The van der Waals surface area contributed by atoms with Gasteiger partial charge in [-0.15, -0.1) is 0 Å². The van der Waals surface area contributed by atoms with Crippen LogP contribution in [0.15, 0.2) is 36.7 Å². The second kappa shape index (κ2) is 4.47. The highest BCUT2D eigenvalue weighted by molar-refractivity contribution is 5.36. The Morgan fingerprint density at radius 1 is 1.38 bits per heavy atom. The number of aryl methyl sites for hydroxylation is 1. The van der Waals surface area contributed by atoms with Gasteiger partial charge in [-0.25, -0.2) is 4.98 Å². The minimum atomic E-state index is -0.156. The second-order valence-corrected chi connectivity index (χ2v) is 3.79. The number of hydrogen-bond donors (Lipinski definition) is 2. The molecule has 2 aromatic heterocycles. The lowest BCUT2D eigenvalue weighted by Gasteiger charge is -2.14. The third-order valence-corrected chi connectivity index (χ3v) is 2.62. The fourth-order valence-corrected chi connectivity index (χ4v) is 1.74. The maximum absolute atomic E-state index is 5.95. The van der Waals surface area contributed by atoms with Crippen LogP contribution in [0.5, 0.6) is 0 Å². The van der Waals surface area contributed by atoms with Crippen LogP contribution < -0.4 is 11.5 Å². The van der Waals surface area contributed by atoms with Crippen molar-refractivity contribution in [1.82, 2.24) is 9.55 Å². The van der Waals surface area contributed by atoms with E-state index in [1.54, 1.807) is 6.20 Å². The number of hydrogen-bond acceptors (Lipinski definition) is 3. The molecule has 0 saturated heterocycles. The minimum absolute atomic E-state index is 0.156. The van der Waals surface area contributed by atoms with Crippen LogP contribution in [-0.2, 0) is 0 Å². The molecule has 2 rings (SSSR count). The van der Waals surface area contributed by atoms with Gasteiger partial charge < -0.3 is 16.0 Å². The standard InChI is InChI=1S/C12H16N4/c1-9-4-2-6-15-12(9)16-7-3-5-11(16)10(14)8-13/h2-7,10H,8,13-14H2,1H3. The predicted molar refractivity (Wildman–Crippen MR) is 64.3 cm³/mol. The second-order valence-electron chi connectivity index (χ2n) is 3.79. The molecule has 0 aliphatic heterocycles. The predicted octanol–water partition coefficient (Wildman–Crippen LogP) is 1.14. The molecule has 0 saturated carbocycles. The summed E-state index contributed by atoms with van der Waals surface area (Å²) in [6.07, 6.45) is 3.74. The van der Waals surface area contributed by atoms with E-state index in [0.29, 0.717) is 6.54 Å². The Balaban J connectivity index is 2.49. The largest absolute Gasteiger partial charge is 0.329 e. The van der Waals surface area contributed by atoms with E-state index in [-0.39, 0.29) is 6.04 Å². The average molecular weight is 216 g/mol. The van der Waals surface area contributed by atoms with Crippen molar-refractivity contribution in [3.05, 3.63) is 47.9 Å². The van der Waals surface area contributed by atoms with Crippen LogP contribution >= 0.6 is 0 Å². The van der Waals surface area contributed by atoms with Crippen molar-refractivity contribution in [2.24, 2.45) is 11.5 Å². The highest BCUT2D eigenvalue weighted by atomic mass is 15.1. The summed E-state index contributed by atoms with van der Waals surface area (Å²) < 4.78 is 1.99. The lowest BCUT2D eigenvalue weighted by atomic mass is 10.2. The van der Waals surface area contributed by atoms with E-state index in [1.807, 2.05) is 42.0 Å². The maximum Gasteiger partial charge on any atom is 0.139 e. The molecule has 1 atom stereocenters. The zero-order valence-corrected chi connectivity index (χ0v) is 9.30. The third kappa shape index (κ3) is 1.85. The Morgan fingerprint density at radius 3 is 2.88 bits per heavy atom. The summed E-state index contributed by atoms with van der Waals surface area (Å²) in [4.78, 5) is 4.36. The lowest BCUT2D eigenvalue weighted by molar-refractivity contribution is 0.687. The van der Waals surface area contributed by atoms with Crippen molar-refractivity contribution in [2.45, 2.75) is 13.0 Å². The summed E-state index contributed by atoms with van der Waals surface area (Å²) in [5.74, 6) is 0.909. The van der Waals surface area contributed by atoms with E-state index in [9.17, 15) is 0 Å². The van der Waals surface area contributed by atoms with Crippen molar-refractivity contribution in [3.63, 3.8) is 0 Å². The fourth-order valence-electron chi connectivity index (χ4n) is 1.74. The van der Waals surface area contributed by atoms with Crippen LogP contribution in [0.3, 0.4) is 0 Å². The van der Waals surface area contributed by atoms with E-state index in [2.05, 4.69) is 4.98 Å². The number of nitrogens with zero attached hydrogens (tertiary/aromatic N) is 2. The van der Waals surface area contributed by atoms with Gasteiger partial charge in [0, 0.05) is 24.6 Å². The van der Waals surface area contributed by atoms with Gasteiger partial charge in [-0.3, -0.25) is 0 Å². The molecule has 0 amide bonds. The molecule has 0 aliphatic rings. The first-order chi connectivity index (χ1) is 7.74. The summed E-state index contributed by atoms with van der Waals surface area (Å²) in [7, 11) is 0. The molecule has 16 heavy (non-hydrogen) atoms. The van der Waals surface area contributed by atoms with Crippen molar-refractivity contribution >= 4 is 0 Å². The van der Waals surface area contributed by atoms with Gasteiger partial charge in [-0.2, -0.15) is 0 Å². The first kappa shape index (κ1) is 10.9. The molecule has 2 heterocycles. The minimum Gasteiger partial charge on any atom is -0.329 e. The first-order valence-electron chi connectivity index (χ1n) is 5.29. The Hall–Kier alpha value is -1.65.